The fourth-order valence-corrected chi connectivity index (χ4v) is 2.39. The molecule has 3 rings (SSSR count). The minimum absolute atomic E-state index is 0.135. The summed E-state index contributed by atoms with van der Waals surface area (Å²) in [5.74, 6) is -0.0886. The second kappa shape index (κ2) is 5.49. The van der Waals surface area contributed by atoms with Crippen LogP contribution in [0.2, 0.25) is 0 Å². The van der Waals surface area contributed by atoms with Crippen LogP contribution in [0.3, 0.4) is 0 Å². The average molecular weight is 344 g/mol. The number of aromatic amines is 1. The number of aromatic hydroxyl groups is 1. The van der Waals surface area contributed by atoms with Crippen LogP contribution < -0.4 is 5.56 Å². The molecule has 0 spiro atoms. The number of rotatable bonds is 2. The number of aromatic nitrogens is 3. The SMILES string of the molecule is O=c1[nH]c(-c2ccccn2)nc(O)c1-c1cccc(Br)c1. The normalized spacial score (nSPS) is 10.5. The first kappa shape index (κ1) is 13.5. The topological polar surface area (TPSA) is 78.9 Å². The number of hydrogen-bond acceptors (Lipinski definition) is 4. The van der Waals surface area contributed by atoms with E-state index in [1.165, 1.54) is 0 Å². The number of nitrogens with one attached hydrogen (secondary N) is 1. The van der Waals surface area contributed by atoms with Crippen molar-refractivity contribution < 1.29 is 5.11 Å². The number of benzene rings is 1. The third-order valence-electron chi connectivity index (χ3n) is 2.92. The first-order valence-corrected chi connectivity index (χ1v) is 6.95. The molecule has 0 aliphatic heterocycles. The van der Waals surface area contributed by atoms with E-state index in [4.69, 9.17) is 0 Å². The van der Waals surface area contributed by atoms with Crippen LogP contribution in [-0.2, 0) is 0 Å². The van der Waals surface area contributed by atoms with Gasteiger partial charge >= 0.3 is 0 Å². The van der Waals surface area contributed by atoms with Gasteiger partial charge in [0.25, 0.3) is 5.56 Å². The largest absolute Gasteiger partial charge is 0.493 e. The predicted octanol–water partition coefficient (Wildman–Crippen LogP) is 2.97. The Hall–Kier alpha value is -2.47. The van der Waals surface area contributed by atoms with E-state index >= 15 is 0 Å². The quantitative estimate of drug-likeness (QED) is 0.749. The Morgan fingerprint density at radius 1 is 1.14 bits per heavy atom. The van der Waals surface area contributed by atoms with Crippen LogP contribution in [0.15, 0.2) is 57.9 Å². The van der Waals surface area contributed by atoms with Crippen molar-refractivity contribution in [2.45, 2.75) is 0 Å². The van der Waals surface area contributed by atoms with E-state index in [9.17, 15) is 9.90 Å². The summed E-state index contributed by atoms with van der Waals surface area (Å²) in [6.07, 6.45) is 1.59. The molecule has 0 saturated carbocycles. The van der Waals surface area contributed by atoms with Crippen LogP contribution >= 0.6 is 15.9 Å². The molecule has 0 unspecified atom stereocenters. The molecule has 1 aromatic carbocycles. The molecule has 0 aliphatic carbocycles. The van der Waals surface area contributed by atoms with Gasteiger partial charge in [-0.1, -0.05) is 34.1 Å². The van der Waals surface area contributed by atoms with E-state index in [-0.39, 0.29) is 17.3 Å². The highest BCUT2D eigenvalue weighted by molar-refractivity contribution is 9.10. The average Bonchev–Trinajstić information content (AvgIpc) is 2.47. The minimum atomic E-state index is -0.416. The number of pyridine rings is 1. The molecule has 0 atom stereocenters. The molecule has 0 bridgehead atoms. The van der Waals surface area contributed by atoms with Crippen LogP contribution in [0.1, 0.15) is 0 Å². The van der Waals surface area contributed by atoms with Crippen molar-refractivity contribution in [3.63, 3.8) is 0 Å². The van der Waals surface area contributed by atoms with Crippen LogP contribution in [0.4, 0.5) is 0 Å². The van der Waals surface area contributed by atoms with Gasteiger partial charge < -0.3 is 10.1 Å². The standard InChI is InChI=1S/C15H10BrN3O2/c16-10-5-3-4-9(8-10)12-14(20)18-13(19-15(12)21)11-6-1-2-7-17-11/h1-8H,(H2,18,19,20,21). The fraction of sp³-hybridized carbons (Fsp3) is 0. The highest BCUT2D eigenvalue weighted by Gasteiger charge is 2.14. The van der Waals surface area contributed by atoms with Gasteiger partial charge in [0.1, 0.15) is 11.3 Å². The van der Waals surface area contributed by atoms with Crippen molar-refractivity contribution in [2.24, 2.45) is 0 Å². The lowest BCUT2D eigenvalue weighted by Crippen LogP contribution is -2.12. The predicted molar refractivity (Wildman–Crippen MR) is 82.9 cm³/mol. The molecule has 21 heavy (non-hydrogen) atoms. The summed E-state index contributed by atoms with van der Waals surface area (Å²) < 4.78 is 0.813. The van der Waals surface area contributed by atoms with Crippen LogP contribution in [0.25, 0.3) is 22.6 Å². The lowest BCUT2D eigenvalue weighted by Gasteiger charge is -2.06. The Morgan fingerprint density at radius 3 is 2.67 bits per heavy atom. The van der Waals surface area contributed by atoms with E-state index in [1.807, 2.05) is 6.07 Å². The number of nitrogens with zero attached hydrogens (tertiary/aromatic N) is 2. The molecule has 2 heterocycles. The molecule has 2 aromatic heterocycles. The maximum atomic E-state index is 12.2. The van der Waals surface area contributed by atoms with Gasteiger partial charge in [-0.3, -0.25) is 9.78 Å². The monoisotopic (exact) mass is 343 g/mol. The number of halogens is 1. The summed E-state index contributed by atoms with van der Waals surface area (Å²) >= 11 is 3.34. The van der Waals surface area contributed by atoms with Crippen LogP contribution in [-0.4, -0.2) is 20.1 Å². The minimum Gasteiger partial charge on any atom is -0.493 e. The Labute approximate surface area is 128 Å². The van der Waals surface area contributed by atoms with E-state index in [1.54, 1.807) is 42.6 Å². The van der Waals surface area contributed by atoms with Crippen molar-refractivity contribution in [2.75, 3.05) is 0 Å². The lowest BCUT2D eigenvalue weighted by atomic mass is 10.1. The zero-order valence-corrected chi connectivity index (χ0v) is 12.3. The molecule has 0 radical (unpaired) electrons. The lowest BCUT2D eigenvalue weighted by molar-refractivity contribution is 0.454. The molecule has 0 aliphatic rings. The van der Waals surface area contributed by atoms with Crippen LogP contribution in [0.5, 0.6) is 5.88 Å². The van der Waals surface area contributed by atoms with Crippen molar-refractivity contribution in [1.82, 2.24) is 15.0 Å². The molecule has 0 saturated heterocycles. The third kappa shape index (κ3) is 2.71. The van der Waals surface area contributed by atoms with Crippen molar-refractivity contribution >= 4 is 15.9 Å². The Balaban J connectivity index is 2.16. The van der Waals surface area contributed by atoms with Crippen molar-refractivity contribution in [3.8, 4) is 28.5 Å². The third-order valence-corrected chi connectivity index (χ3v) is 3.41. The van der Waals surface area contributed by atoms with Gasteiger partial charge in [0.2, 0.25) is 5.88 Å². The smallest absolute Gasteiger partial charge is 0.262 e. The summed E-state index contributed by atoms with van der Waals surface area (Å²) in [4.78, 5) is 23.0. The first-order chi connectivity index (χ1) is 10.1. The molecule has 2 N–H and O–H groups in total. The highest BCUT2D eigenvalue weighted by Crippen LogP contribution is 2.27. The van der Waals surface area contributed by atoms with Gasteiger partial charge in [-0.15, -0.1) is 0 Å². The van der Waals surface area contributed by atoms with Gasteiger partial charge in [-0.05, 0) is 29.8 Å². The maximum absolute atomic E-state index is 12.2. The van der Waals surface area contributed by atoms with Crippen LogP contribution in [0, 0.1) is 0 Å². The van der Waals surface area contributed by atoms with Gasteiger partial charge in [0.05, 0.1) is 0 Å². The van der Waals surface area contributed by atoms with Gasteiger partial charge in [-0.2, -0.15) is 4.98 Å². The van der Waals surface area contributed by atoms with Gasteiger partial charge in [0, 0.05) is 10.7 Å². The molecule has 104 valence electrons. The summed E-state index contributed by atoms with van der Waals surface area (Å²) in [6, 6.07) is 12.3. The molecule has 5 nitrogen and oxygen atoms in total. The summed E-state index contributed by atoms with van der Waals surface area (Å²) in [7, 11) is 0. The van der Waals surface area contributed by atoms with Gasteiger partial charge in [-0.25, -0.2) is 0 Å². The molecule has 0 fully saturated rings. The maximum Gasteiger partial charge on any atom is 0.262 e. The van der Waals surface area contributed by atoms with Gasteiger partial charge in [0.15, 0.2) is 5.82 Å². The molecular formula is C15H10BrN3O2. The zero-order chi connectivity index (χ0) is 14.8. The molecule has 0 amide bonds. The summed E-state index contributed by atoms with van der Waals surface area (Å²) in [5.41, 5.74) is 0.797. The van der Waals surface area contributed by atoms with Crippen molar-refractivity contribution in [1.29, 1.82) is 0 Å². The number of H-pyrrole nitrogens is 1. The molecule has 3 aromatic rings. The Morgan fingerprint density at radius 2 is 2.00 bits per heavy atom. The summed E-state index contributed by atoms with van der Waals surface area (Å²) in [5, 5.41) is 10.1. The second-order valence-corrected chi connectivity index (χ2v) is 5.25. The summed E-state index contributed by atoms with van der Waals surface area (Å²) in [6.45, 7) is 0. The van der Waals surface area contributed by atoms with E-state index in [0.717, 1.165) is 4.47 Å². The van der Waals surface area contributed by atoms with E-state index in [2.05, 4.69) is 30.9 Å². The van der Waals surface area contributed by atoms with Crippen molar-refractivity contribution in [3.05, 3.63) is 63.5 Å². The van der Waals surface area contributed by atoms with E-state index < -0.39 is 5.56 Å². The van der Waals surface area contributed by atoms with E-state index in [0.29, 0.717) is 11.3 Å². The molecular weight excluding hydrogens is 334 g/mol. The first-order valence-electron chi connectivity index (χ1n) is 6.16. The Kier molecular flexibility index (Phi) is 3.53. The second-order valence-electron chi connectivity index (χ2n) is 4.34. The molecule has 6 heteroatoms. The highest BCUT2D eigenvalue weighted by atomic mass is 79.9. The zero-order valence-electron chi connectivity index (χ0n) is 10.7. The Bertz CT molecular complexity index is 847. The number of hydrogen-bond donors (Lipinski definition) is 2. The fourth-order valence-electron chi connectivity index (χ4n) is 1.99.